The highest BCUT2D eigenvalue weighted by molar-refractivity contribution is 5.49. The van der Waals surface area contributed by atoms with Gasteiger partial charge in [-0.3, -0.25) is 0 Å². The second-order valence-electron chi connectivity index (χ2n) is 7.15. The van der Waals surface area contributed by atoms with E-state index in [9.17, 15) is 5.11 Å². The highest BCUT2D eigenvalue weighted by Gasteiger charge is 2.18. The van der Waals surface area contributed by atoms with Crippen LogP contribution in [0.2, 0.25) is 0 Å². The van der Waals surface area contributed by atoms with Crippen LogP contribution in [-0.4, -0.2) is 50.9 Å². The van der Waals surface area contributed by atoms with E-state index in [2.05, 4.69) is 20.9 Å². The third-order valence-electron chi connectivity index (χ3n) is 5.08. The maximum atomic E-state index is 9.70. The molecule has 0 amide bonds. The van der Waals surface area contributed by atoms with Gasteiger partial charge in [-0.25, -0.2) is 15.0 Å². The molecule has 1 saturated heterocycles. The number of aliphatic hydroxyl groups is 1. The van der Waals surface area contributed by atoms with Crippen molar-refractivity contribution in [1.82, 2.24) is 19.5 Å². The summed E-state index contributed by atoms with van der Waals surface area (Å²) in [6, 6.07) is 8.07. The number of hydrogen-bond acceptors (Lipinski definition) is 6. The van der Waals surface area contributed by atoms with Gasteiger partial charge >= 0.3 is 0 Å². The Labute approximate surface area is 164 Å². The zero-order valence-electron chi connectivity index (χ0n) is 16.2. The molecule has 1 fully saturated rings. The van der Waals surface area contributed by atoms with Crippen LogP contribution < -0.4 is 9.64 Å². The minimum absolute atomic E-state index is 0.192. The first-order valence-corrected chi connectivity index (χ1v) is 9.55. The van der Waals surface area contributed by atoms with E-state index in [1.165, 1.54) is 0 Å². The summed E-state index contributed by atoms with van der Waals surface area (Å²) in [4.78, 5) is 15.7. The molecule has 7 nitrogen and oxygen atoms in total. The Morgan fingerprint density at radius 1 is 1.18 bits per heavy atom. The third kappa shape index (κ3) is 3.99. The number of aromatic nitrogens is 4. The zero-order valence-corrected chi connectivity index (χ0v) is 16.2. The van der Waals surface area contributed by atoms with Gasteiger partial charge in [0.2, 0.25) is 0 Å². The molecular weight excluding hydrogens is 354 g/mol. The van der Waals surface area contributed by atoms with E-state index in [1.54, 1.807) is 13.4 Å². The molecule has 1 aliphatic heterocycles. The van der Waals surface area contributed by atoms with Gasteiger partial charge in [-0.15, -0.1) is 0 Å². The predicted molar refractivity (Wildman–Crippen MR) is 107 cm³/mol. The Hall–Kier alpha value is -2.93. The van der Waals surface area contributed by atoms with Crippen molar-refractivity contribution in [2.75, 3.05) is 25.1 Å². The first kappa shape index (κ1) is 18.4. The molecule has 0 atom stereocenters. The third-order valence-corrected chi connectivity index (χ3v) is 5.08. The Bertz CT molecular complexity index is 947. The standard InChI is InChI=1S/C21H25N5O2/c1-15-13-26(14-23-15)18-4-3-16(11-19(18)28-2)12-20-22-8-5-21(24-20)25-9-6-17(27)7-10-25/h3-5,8,11,13-14,17,27H,6-7,9-10,12H2,1-2H3. The number of hydrogen-bond donors (Lipinski definition) is 1. The van der Waals surface area contributed by atoms with Crippen molar-refractivity contribution in [3.63, 3.8) is 0 Å². The molecule has 1 aliphatic rings. The molecule has 7 heteroatoms. The summed E-state index contributed by atoms with van der Waals surface area (Å²) in [5.74, 6) is 2.49. The summed E-state index contributed by atoms with van der Waals surface area (Å²) < 4.78 is 7.55. The van der Waals surface area contributed by atoms with Gasteiger partial charge in [-0.05, 0) is 43.5 Å². The smallest absolute Gasteiger partial charge is 0.143 e. The lowest BCUT2D eigenvalue weighted by molar-refractivity contribution is 0.145. The summed E-state index contributed by atoms with van der Waals surface area (Å²) in [6.07, 6.45) is 7.57. The van der Waals surface area contributed by atoms with E-state index in [0.717, 1.165) is 60.3 Å². The van der Waals surface area contributed by atoms with Gasteiger partial charge in [0.05, 0.1) is 30.9 Å². The molecule has 0 unspecified atom stereocenters. The van der Waals surface area contributed by atoms with E-state index < -0.39 is 0 Å². The molecule has 0 saturated carbocycles. The summed E-state index contributed by atoms with van der Waals surface area (Å²) in [5, 5.41) is 9.70. The fraction of sp³-hybridized carbons (Fsp3) is 0.381. The quantitative estimate of drug-likeness (QED) is 0.734. The van der Waals surface area contributed by atoms with Crippen molar-refractivity contribution in [3.8, 4) is 11.4 Å². The van der Waals surface area contributed by atoms with E-state index in [1.807, 2.05) is 42.1 Å². The number of rotatable bonds is 5. The van der Waals surface area contributed by atoms with Crippen LogP contribution in [0.3, 0.4) is 0 Å². The number of nitrogens with zero attached hydrogens (tertiary/aromatic N) is 5. The predicted octanol–water partition coefficient (Wildman–Crippen LogP) is 2.53. The molecule has 4 rings (SSSR count). The van der Waals surface area contributed by atoms with E-state index in [-0.39, 0.29) is 6.10 Å². The van der Waals surface area contributed by atoms with Crippen molar-refractivity contribution in [3.05, 3.63) is 60.1 Å². The van der Waals surface area contributed by atoms with Crippen LogP contribution in [0.15, 0.2) is 43.0 Å². The molecule has 0 aliphatic carbocycles. The van der Waals surface area contributed by atoms with Crippen LogP contribution in [0.5, 0.6) is 5.75 Å². The van der Waals surface area contributed by atoms with Gasteiger partial charge < -0.3 is 19.3 Å². The molecule has 0 bridgehead atoms. The monoisotopic (exact) mass is 379 g/mol. The summed E-state index contributed by atoms with van der Waals surface area (Å²) in [6.45, 7) is 3.61. The topological polar surface area (TPSA) is 76.3 Å². The summed E-state index contributed by atoms with van der Waals surface area (Å²) in [5.41, 5.74) is 3.00. The minimum atomic E-state index is -0.192. The molecule has 3 aromatic rings. The molecule has 0 spiro atoms. The number of anilines is 1. The molecule has 1 N–H and O–H groups in total. The van der Waals surface area contributed by atoms with Gasteiger partial charge in [0.25, 0.3) is 0 Å². The number of aryl methyl sites for hydroxylation is 1. The zero-order chi connectivity index (χ0) is 19.5. The second-order valence-corrected chi connectivity index (χ2v) is 7.15. The Morgan fingerprint density at radius 2 is 2.00 bits per heavy atom. The molecule has 146 valence electrons. The number of imidazole rings is 1. The van der Waals surface area contributed by atoms with Crippen LogP contribution in [0, 0.1) is 6.92 Å². The van der Waals surface area contributed by atoms with Crippen molar-refractivity contribution >= 4 is 5.82 Å². The van der Waals surface area contributed by atoms with Crippen LogP contribution in [-0.2, 0) is 6.42 Å². The van der Waals surface area contributed by atoms with Crippen LogP contribution >= 0.6 is 0 Å². The lowest BCUT2D eigenvalue weighted by atomic mass is 10.1. The molecule has 2 aromatic heterocycles. The number of methoxy groups -OCH3 is 1. The van der Waals surface area contributed by atoms with Crippen molar-refractivity contribution in [1.29, 1.82) is 0 Å². The van der Waals surface area contributed by atoms with Gasteiger partial charge in [0.15, 0.2) is 0 Å². The van der Waals surface area contributed by atoms with Crippen LogP contribution in [0.25, 0.3) is 5.69 Å². The van der Waals surface area contributed by atoms with E-state index in [0.29, 0.717) is 6.42 Å². The number of piperidine rings is 1. The van der Waals surface area contributed by atoms with Crippen molar-refractivity contribution in [2.24, 2.45) is 0 Å². The molecule has 1 aromatic carbocycles. The second kappa shape index (κ2) is 7.98. The van der Waals surface area contributed by atoms with Crippen LogP contribution in [0.4, 0.5) is 5.82 Å². The number of aliphatic hydroxyl groups excluding tert-OH is 1. The average molecular weight is 379 g/mol. The Balaban J connectivity index is 1.53. The normalized spacial score (nSPS) is 15.0. The summed E-state index contributed by atoms with van der Waals surface area (Å²) >= 11 is 0. The highest BCUT2D eigenvalue weighted by atomic mass is 16.5. The first-order chi connectivity index (χ1) is 13.6. The van der Waals surface area contributed by atoms with Crippen molar-refractivity contribution in [2.45, 2.75) is 32.3 Å². The SMILES string of the molecule is COc1cc(Cc2nccc(N3CCC(O)CC3)n2)ccc1-n1cnc(C)c1. The molecule has 28 heavy (non-hydrogen) atoms. The Kier molecular flexibility index (Phi) is 5.25. The maximum Gasteiger partial charge on any atom is 0.143 e. The maximum absolute atomic E-state index is 9.70. The molecule has 0 radical (unpaired) electrons. The fourth-order valence-corrected chi connectivity index (χ4v) is 3.53. The molecular formula is C21H25N5O2. The first-order valence-electron chi connectivity index (χ1n) is 9.55. The molecule has 3 heterocycles. The van der Waals surface area contributed by atoms with E-state index >= 15 is 0 Å². The van der Waals surface area contributed by atoms with Gasteiger partial charge in [-0.2, -0.15) is 0 Å². The summed E-state index contributed by atoms with van der Waals surface area (Å²) in [7, 11) is 1.67. The number of ether oxygens (including phenoxy) is 1. The largest absolute Gasteiger partial charge is 0.495 e. The van der Waals surface area contributed by atoms with Crippen LogP contribution in [0.1, 0.15) is 29.9 Å². The fourth-order valence-electron chi connectivity index (χ4n) is 3.53. The van der Waals surface area contributed by atoms with Gasteiger partial charge in [0, 0.05) is 31.9 Å². The van der Waals surface area contributed by atoms with Gasteiger partial charge in [-0.1, -0.05) is 6.07 Å². The highest BCUT2D eigenvalue weighted by Crippen LogP contribution is 2.26. The lowest BCUT2D eigenvalue weighted by Crippen LogP contribution is -2.36. The average Bonchev–Trinajstić information content (AvgIpc) is 3.15. The van der Waals surface area contributed by atoms with Gasteiger partial charge in [0.1, 0.15) is 17.4 Å². The van der Waals surface area contributed by atoms with Crippen molar-refractivity contribution < 1.29 is 9.84 Å². The number of benzene rings is 1. The lowest BCUT2D eigenvalue weighted by Gasteiger charge is -2.30. The van der Waals surface area contributed by atoms with E-state index in [4.69, 9.17) is 9.72 Å². The minimum Gasteiger partial charge on any atom is -0.495 e. The Morgan fingerprint density at radius 3 is 2.71 bits per heavy atom.